The maximum atomic E-state index is 13.7. The van der Waals surface area contributed by atoms with E-state index in [-0.39, 0.29) is 24.2 Å². The van der Waals surface area contributed by atoms with Gasteiger partial charge < -0.3 is 15.0 Å². The molecule has 3 rings (SSSR count). The van der Waals surface area contributed by atoms with E-state index in [1.165, 1.54) is 25.1 Å². The van der Waals surface area contributed by atoms with Crippen LogP contribution in [0.3, 0.4) is 0 Å². The van der Waals surface area contributed by atoms with Crippen molar-refractivity contribution in [3.05, 3.63) is 53.8 Å². The van der Waals surface area contributed by atoms with Gasteiger partial charge >= 0.3 is 0 Å². The fourth-order valence-electron chi connectivity index (χ4n) is 2.74. The molecule has 0 heterocycles. The van der Waals surface area contributed by atoms with Gasteiger partial charge in [-0.1, -0.05) is 17.7 Å². The van der Waals surface area contributed by atoms with Gasteiger partial charge in [-0.05, 0) is 50.1 Å². The Labute approximate surface area is 151 Å². The molecular weight excluding hydrogens is 335 g/mol. The number of carbonyl (C=O) groups is 2. The molecule has 0 radical (unpaired) electrons. The number of aryl methyl sites for hydroxylation is 1. The van der Waals surface area contributed by atoms with E-state index >= 15 is 0 Å². The van der Waals surface area contributed by atoms with Gasteiger partial charge in [0.2, 0.25) is 5.91 Å². The van der Waals surface area contributed by atoms with Gasteiger partial charge in [0.1, 0.15) is 11.6 Å². The van der Waals surface area contributed by atoms with Gasteiger partial charge in [0, 0.05) is 13.0 Å². The third kappa shape index (κ3) is 4.39. The van der Waals surface area contributed by atoms with Gasteiger partial charge in [-0.15, -0.1) is 0 Å². The second kappa shape index (κ2) is 7.56. The molecular formula is C20H21FN2O3. The smallest absolute Gasteiger partial charge is 0.262 e. The highest BCUT2D eigenvalue weighted by Crippen LogP contribution is 2.36. The highest BCUT2D eigenvalue weighted by molar-refractivity contribution is 6.01. The van der Waals surface area contributed by atoms with Gasteiger partial charge in [-0.2, -0.15) is 0 Å². The molecule has 0 spiro atoms. The summed E-state index contributed by atoms with van der Waals surface area (Å²) in [6.45, 7) is 3.22. The number of benzene rings is 2. The number of halogens is 1. The first-order valence-corrected chi connectivity index (χ1v) is 8.52. The summed E-state index contributed by atoms with van der Waals surface area (Å²) in [6.07, 6.45) is 1.81. The van der Waals surface area contributed by atoms with Gasteiger partial charge in [0.25, 0.3) is 5.91 Å². The second-order valence-corrected chi connectivity index (χ2v) is 6.43. The van der Waals surface area contributed by atoms with Crippen LogP contribution in [0.15, 0.2) is 42.5 Å². The quantitative estimate of drug-likeness (QED) is 0.859. The molecule has 1 aliphatic carbocycles. The summed E-state index contributed by atoms with van der Waals surface area (Å²) in [6, 6.07) is 11.5. The normalized spacial score (nSPS) is 13.2. The van der Waals surface area contributed by atoms with E-state index in [1.807, 2.05) is 19.1 Å². The Hall–Kier alpha value is -2.89. The largest absolute Gasteiger partial charge is 0.484 e. The molecule has 0 bridgehead atoms. The highest BCUT2D eigenvalue weighted by Gasteiger charge is 2.33. The number of nitrogens with zero attached hydrogens (tertiary/aromatic N) is 1. The van der Waals surface area contributed by atoms with Crippen molar-refractivity contribution in [1.82, 2.24) is 0 Å². The third-order valence-corrected chi connectivity index (χ3v) is 4.13. The summed E-state index contributed by atoms with van der Waals surface area (Å²) in [5, 5.41) is 2.65. The lowest BCUT2D eigenvalue weighted by molar-refractivity contribution is -0.118. The van der Waals surface area contributed by atoms with Crippen molar-refractivity contribution >= 4 is 23.2 Å². The number of ether oxygens (including phenoxy) is 1. The number of anilines is 2. The molecule has 5 nitrogen and oxygen atoms in total. The molecule has 1 fully saturated rings. The van der Waals surface area contributed by atoms with E-state index in [2.05, 4.69) is 5.32 Å². The van der Waals surface area contributed by atoms with Gasteiger partial charge in [0.05, 0.1) is 11.4 Å². The number of carbonyl (C=O) groups excluding carboxylic acids is 2. The Balaban J connectivity index is 1.71. The van der Waals surface area contributed by atoms with E-state index in [1.54, 1.807) is 17.0 Å². The predicted molar refractivity (Wildman–Crippen MR) is 97.9 cm³/mol. The van der Waals surface area contributed by atoms with Gasteiger partial charge in [-0.25, -0.2) is 4.39 Å². The molecule has 1 aliphatic rings. The van der Waals surface area contributed by atoms with Crippen LogP contribution in [-0.4, -0.2) is 24.5 Å². The van der Waals surface area contributed by atoms with Crippen LogP contribution in [0.5, 0.6) is 5.75 Å². The molecule has 0 unspecified atom stereocenters. The van der Waals surface area contributed by atoms with E-state index < -0.39 is 11.7 Å². The topological polar surface area (TPSA) is 58.6 Å². The predicted octanol–water partition coefficient (Wildman–Crippen LogP) is 3.67. The first kappa shape index (κ1) is 17.9. The fourth-order valence-corrected chi connectivity index (χ4v) is 2.74. The number of rotatable bonds is 6. The Morgan fingerprint density at radius 3 is 2.50 bits per heavy atom. The van der Waals surface area contributed by atoms with Gasteiger partial charge in [0.15, 0.2) is 6.61 Å². The maximum absolute atomic E-state index is 13.7. The molecule has 0 saturated heterocycles. The Kier molecular flexibility index (Phi) is 5.21. The van der Waals surface area contributed by atoms with Crippen LogP contribution in [-0.2, 0) is 9.59 Å². The number of nitrogens with one attached hydrogen (secondary N) is 1. The van der Waals surface area contributed by atoms with Crippen LogP contribution in [0.2, 0.25) is 0 Å². The van der Waals surface area contributed by atoms with Crippen molar-refractivity contribution in [3.8, 4) is 5.75 Å². The molecule has 26 heavy (non-hydrogen) atoms. The van der Waals surface area contributed by atoms with Crippen LogP contribution in [0.25, 0.3) is 0 Å². The Morgan fingerprint density at radius 1 is 1.19 bits per heavy atom. The Morgan fingerprint density at radius 2 is 1.88 bits per heavy atom. The van der Waals surface area contributed by atoms with Crippen molar-refractivity contribution in [3.63, 3.8) is 0 Å². The average molecular weight is 356 g/mol. The molecule has 1 N–H and O–H groups in total. The van der Waals surface area contributed by atoms with Crippen molar-refractivity contribution in [1.29, 1.82) is 0 Å². The minimum Gasteiger partial charge on any atom is -0.484 e. The fraction of sp³-hybridized carbons (Fsp3) is 0.300. The Bertz CT molecular complexity index is 816. The zero-order valence-corrected chi connectivity index (χ0v) is 14.8. The summed E-state index contributed by atoms with van der Waals surface area (Å²) in [5.74, 6) is -0.460. The third-order valence-electron chi connectivity index (χ3n) is 4.13. The van der Waals surface area contributed by atoms with Crippen molar-refractivity contribution in [2.45, 2.75) is 32.7 Å². The van der Waals surface area contributed by atoms with Crippen molar-refractivity contribution in [2.75, 3.05) is 16.8 Å². The molecule has 2 amide bonds. The summed E-state index contributed by atoms with van der Waals surface area (Å²) >= 11 is 0. The lowest BCUT2D eigenvalue weighted by Gasteiger charge is -2.24. The molecule has 6 heteroatoms. The average Bonchev–Trinajstić information content (AvgIpc) is 3.41. The maximum Gasteiger partial charge on any atom is 0.262 e. The molecule has 0 aliphatic heterocycles. The lowest BCUT2D eigenvalue weighted by atomic mass is 10.2. The lowest BCUT2D eigenvalue weighted by Crippen LogP contribution is -2.32. The number of hydrogen-bond donors (Lipinski definition) is 1. The summed E-state index contributed by atoms with van der Waals surface area (Å²) in [5.41, 5.74) is 1.87. The van der Waals surface area contributed by atoms with Crippen molar-refractivity contribution in [2.24, 2.45) is 0 Å². The molecule has 2 aromatic carbocycles. The van der Waals surface area contributed by atoms with E-state index in [0.717, 1.165) is 18.4 Å². The zero-order valence-electron chi connectivity index (χ0n) is 14.8. The number of hydrogen-bond acceptors (Lipinski definition) is 3. The molecule has 2 aromatic rings. The SMILES string of the molecule is CC(=O)N(c1ccc(F)cc1NC(=O)COc1ccc(C)cc1)C1CC1. The van der Waals surface area contributed by atoms with Crippen LogP contribution in [0, 0.1) is 12.7 Å². The molecule has 0 atom stereocenters. The molecule has 136 valence electrons. The van der Waals surface area contributed by atoms with Crippen molar-refractivity contribution < 1.29 is 18.7 Å². The van der Waals surface area contributed by atoms with Crippen LogP contribution in [0.1, 0.15) is 25.3 Å². The standard InChI is InChI=1S/C20H21FN2O3/c1-13-3-8-17(9-4-13)26-12-20(25)22-18-11-15(21)5-10-19(18)23(14(2)24)16-6-7-16/h3-5,8-11,16H,6-7,12H2,1-2H3,(H,22,25). The van der Waals surface area contributed by atoms with E-state index in [0.29, 0.717) is 11.4 Å². The number of amides is 2. The first-order valence-electron chi connectivity index (χ1n) is 8.52. The van der Waals surface area contributed by atoms with Gasteiger partial charge in [-0.3, -0.25) is 9.59 Å². The van der Waals surface area contributed by atoms with Crippen LogP contribution >= 0.6 is 0 Å². The first-order chi connectivity index (χ1) is 12.4. The van der Waals surface area contributed by atoms with E-state index in [9.17, 15) is 14.0 Å². The van der Waals surface area contributed by atoms with Crippen LogP contribution < -0.4 is 15.0 Å². The molecule has 1 saturated carbocycles. The monoisotopic (exact) mass is 356 g/mol. The summed E-state index contributed by atoms with van der Waals surface area (Å²) in [7, 11) is 0. The minimum absolute atomic E-state index is 0.109. The summed E-state index contributed by atoms with van der Waals surface area (Å²) in [4.78, 5) is 25.8. The highest BCUT2D eigenvalue weighted by atomic mass is 19.1. The second-order valence-electron chi connectivity index (χ2n) is 6.43. The van der Waals surface area contributed by atoms with Crippen LogP contribution in [0.4, 0.5) is 15.8 Å². The molecule has 0 aromatic heterocycles. The van der Waals surface area contributed by atoms with E-state index in [4.69, 9.17) is 4.74 Å². The minimum atomic E-state index is -0.484. The zero-order chi connectivity index (χ0) is 18.7. The summed E-state index contributed by atoms with van der Waals surface area (Å²) < 4.78 is 19.1.